The molecule has 3 N–H and O–H groups in total. The fourth-order valence-electron chi connectivity index (χ4n) is 6.47. The zero-order valence-electron chi connectivity index (χ0n) is 26.2. The molecule has 1 saturated heterocycles. The fraction of sp³-hybridized carbons (Fsp3) is 0.459. The van der Waals surface area contributed by atoms with Crippen molar-refractivity contribution in [1.29, 1.82) is 0 Å². The van der Waals surface area contributed by atoms with Gasteiger partial charge in [0.1, 0.15) is 6.04 Å². The van der Waals surface area contributed by atoms with Gasteiger partial charge in [-0.1, -0.05) is 104 Å². The Kier molecular flexibility index (Phi) is 13.7. The predicted molar refractivity (Wildman–Crippen MR) is 177 cm³/mol. The van der Waals surface area contributed by atoms with Gasteiger partial charge < -0.3 is 25.5 Å². The lowest BCUT2D eigenvalue weighted by atomic mass is 10.00. The molecule has 1 aliphatic heterocycles. The number of carboxylic acid groups (broad SMARTS) is 1. The van der Waals surface area contributed by atoms with Crippen LogP contribution in [-0.2, 0) is 17.8 Å². The third kappa shape index (κ3) is 11.1. The number of carbonyl (C=O) groups is 2. The first kappa shape index (κ1) is 33.2. The lowest BCUT2D eigenvalue weighted by Gasteiger charge is -2.39. The molecular formula is C37H50N4O3. The first-order valence-electron chi connectivity index (χ1n) is 16.3. The second kappa shape index (κ2) is 18.2. The van der Waals surface area contributed by atoms with Crippen molar-refractivity contribution in [3.05, 3.63) is 108 Å². The Labute approximate surface area is 263 Å². The highest BCUT2D eigenvalue weighted by Crippen LogP contribution is 2.28. The minimum Gasteiger partial charge on any atom is -0.480 e. The molecular weight excluding hydrogens is 548 g/mol. The van der Waals surface area contributed by atoms with Crippen molar-refractivity contribution in [2.24, 2.45) is 5.92 Å². The Morgan fingerprint density at radius 3 is 1.98 bits per heavy atom. The lowest BCUT2D eigenvalue weighted by molar-refractivity contribution is -0.139. The van der Waals surface area contributed by atoms with Crippen molar-refractivity contribution in [3.63, 3.8) is 0 Å². The third-order valence-electron chi connectivity index (χ3n) is 8.75. The molecule has 3 unspecified atom stereocenters. The molecule has 2 fully saturated rings. The zero-order valence-corrected chi connectivity index (χ0v) is 26.2. The minimum absolute atomic E-state index is 0.0438. The average Bonchev–Trinajstić information content (AvgIpc) is 3.51. The van der Waals surface area contributed by atoms with Crippen molar-refractivity contribution >= 4 is 12.0 Å². The van der Waals surface area contributed by atoms with Crippen LogP contribution in [0.25, 0.3) is 0 Å². The Bertz CT molecular complexity index is 1190. The highest BCUT2D eigenvalue weighted by Gasteiger charge is 2.32. The van der Waals surface area contributed by atoms with E-state index in [1.807, 2.05) is 97.1 Å². The molecule has 7 heteroatoms. The summed E-state index contributed by atoms with van der Waals surface area (Å²) in [6.45, 7) is 6.56. The van der Waals surface area contributed by atoms with Crippen molar-refractivity contribution in [1.82, 2.24) is 20.4 Å². The minimum atomic E-state index is -0.774. The fourth-order valence-corrected chi connectivity index (χ4v) is 6.47. The van der Waals surface area contributed by atoms with E-state index in [2.05, 4.69) is 27.4 Å². The van der Waals surface area contributed by atoms with Crippen molar-refractivity contribution in [3.8, 4) is 0 Å². The van der Waals surface area contributed by atoms with Gasteiger partial charge in [0.2, 0.25) is 0 Å². The molecule has 3 aromatic carbocycles. The Balaban J connectivity index is 0.000000657. The molecule has 3 atom stereocenters. The number of nitrogens with one attached hydrogen (secondary N) is 2. The normalized spacial score (nSPS) is 19.4. The van der Waals surface area contributed by atoms with E-state index < -0.39 is 12.0 Å². The van der Waals surface area contributed by atoms with Gasteiger partial charge in [0, 0.05) is 44.8 Å². The number of nitrogens with zero attached hydrogens (tertiary/aromatic N) is 2. The summed E-state index contributed by atoms with van der Waals surface area (Å²) in [5, 5.41) is 16.3. The molecule has 2 aliphatic rings. The molecule has 1 heterocycles. The van der Waals surface area contributed by atoms with E-state index in [0.717, 1.165) is 75.8 Å². The summed E-state index contributed by atoms with van der Waals surface area (Å²) < 4.78 is 0. The van der Waals surface area contributed by atoms with Crippen LogP contribution in [-0.4, -0.2) is 71.2 Å². The zero-order chi connectivity index (χ0) is 31.0. The average molecular weight is 599 g/mol. The number of carboxylic acids is 1. The molecule has 0 bridgehead atoms. The summed E-state index contributed by atoms with van der Waals surface area (Å²) in [6.07, 6.45) is 6.68. The van der Waals surface area contributed by atoms with Crippen LogP contribution in [0.1, 0.15) is 56.6 Å². The van der Waals surface area contributed by atoms with Crippen LogP contribution in [0.5, 0.6) is 0 Å². The number of hydrogen-bond acceptors (Lipinski definition) is 4. The lowest BCUT2D eigenvalue weighted by Crippen LogP contribution is -2.51. The van der Waals surface area contributed by atoms with Gasteiger partial charge in [-0.15, -0.1) is 0 Å². The van der Waals surface area contributed by atoms with Gasteiger partial charge in [0.25, 0.3) is 0 Å². The molecule has 3 aromatic rings. The van der Waals surface area contributed by atoms with Gasteiger partial charge in [0.05, 0.1) is 0 Å². The van der Waals surface area contributed by atoms with Crippen LogP contribution < -0.4 is 10.6 Å². The topological polar surface area (TPSA) is 84.9 Å². The van der Waals surface area contributed by atoms with E-state index >= 15 is 0 Å². The van der Waals surface area contributed by atoms with Crippen LogP contribution in [0.3, 0.4) is 0 Å². The number of hydrogen-bond donors (Lipinski definition) is 3. The van der Waals surface area contributed by atoms with E-state index in [0.29, 0.717) is 18.9 Å². The molecule has 1 aliphatic carbocycles. The van der Waals surface area contributed by atoms with Crippen LogP contribution in [0.15, 0.2) is 97.1 Å². The highest BCUT2D eigenvalue weighted by atomic mass is 16.4. The number of rotatable bonds is 12. The van der Waals surface area contributed by atoms with Crippen LogP contribution >= 0.6 is 0 Å². The second-order valence-electron chi connectivity index (χ2n) is 12.1. The summed E-state index contributed by atoms with van der Waals surface area (Å²) in [5.74, 6) is -0.181. The number of piperidine rings is 1. The largest absolute Gasteiger partial charge is 0.480 e. The monoisotopic (exact) mass is 598 g/mol. The number of urea groups is 1. The van der Waals surface area contributed by atoms with Crippen LogP contribution in [0.4, 0.5) is 4.79 Å². The van der Waals surface area contributed by atoms with Crippen molar-refractivity contribution in [2.45, 2.75) is 76.5 Å². The van der Waals surface area contributed by atoms with Gasteiger partial charge in [-0.2, -0.15) is 0 Å². The first-order valence-corrected chi connectivity index (χ1v) is 16.3. The molecule has 236 valence electrons. The van der Waals surface area contributed by atoms with E-state index in [-0.39, 0.29) is 18.1 Å². The molecule has 1 saturated carbocycles. The molecule has 7 nitrogen and oxygen atoms in total. The summed E-state index contributed by atoms with van der Waals surface area (Å²) in [7, 11) is 0. The summed E-state index contributed by atoms with van der Waals surface area (Å²) in [5.41, 5.74) is 2.17. The standard InChI is InChI=1S/C31H44N4O3.C6H6/c1-2-17-35(31(38)32-22-25-11-7-4-8-12-25)28-15-18-34(19-16-28)23-26-13-14-27(20-26)33-29(30(36)37)21-24-9-5-3-6-10-24;1-2-4-6-5-3-1/h3-12,26-29,33H,2,13-23H2,1H3,(H,32,38)(H,36,37);1-6H. The number of amides is 2. The Hall–Kier alpha value is -3.68. The van der Waals surface area contributed by atoms with Crippen molar-refractivity contribution in [2.75, 3.05) is 26.2 Å². The quantitative estimate of drug-likeness (QED) is 0.231. The van der Waals surface area contributed by atoms with E-state index in [9.17, 15) is 14.7 Å². The maximum atomic E-state index is 13.0. The van der Waals surface area contributed by atoms with Crippen LogP contribution in [0.2, 0.25) is 0 Å². The van der Waals surface area contributed by atoms with Crippen LogP contribution in [0, 0.1) is 5.92 Å². The summed E-state index contributed by atoms with van der Waals surface area (Å²) >= 11 is 0. The van der Waals surface area contributed by atoms with Crippen molar-refractivity contribution < 1.29 is 14.7 Å². The molecule has 44 heavy (non-hydrogen) atoms. The predicted octanol–water partition coefficient (Wildman–Crippen LogP) is 6.21. The van der Waals surface area contributed by atoms with Gasteiger partial charge >= 0.3 is 12.0 Å². The molecule has 0 radical (unpaired) electrons. The molecule has 2 amide bonds. The molecule has 0 spiro atoms. The SMILES string of the molecule is CCCN(C(=O)NCc1ccccc1)C1CCN(CC2CCC(NC(Cc3ccccc3)C(=O)O)C2)CC1.c1ccccc1. The maximum Gasteiger partial charge on any atom is 0.321 e. The maximum absolute atomic E-state index is 13.0. The van der Waals surface area contributed by atoms with E-state index in [1.165, 1.54) is 0 Å². The molecule has 5 rings (SSSR count). The number of benzene rings is 3. The third-order valence-corrected chi connectivity index (χ3v) is 8.75. The number of carbonyl (C=O) groups excluding carboxylic acids is 1. The van der Waals surface area contributed by atoms with E-state index in [4.69, 9.17) is 0 Å². The van der Waals surface area contributed by atoms with Gasteiger partial charge in [-0.05, 0) is 62.0 Å². The van der Waals surface area contributed by atoms with Gasteiger partial charge in [0.15, 0.2) is 0 Å². The second-order valence-corrected chi connectivity index (χ2v) is 12.1. The Morgan fingerprint density at radius 2 is 1.41 bits per heavy atom. The number of aliphatic carboxylic acids is 1. The first-order chi connectivity index (χ1) is 21.5. The van der Waals surface area contributed by atoms with Gasteiger partial charge in [-0.25, -0.2) is 4.79 Å². The number of likely N-dealkylation sites (tertiary alicyclic amines) is 1. The smallest absolute Gasteiger partial charge is 0.321 e. The highest BCUT2D eigenvalue weighted by molar-refractivity contribution is 5.74. The van der Waals surface area contributed by atoms with E-state index in [1.54, 1.807) is 0 Å². The van der Waals surface area contributed by atoms with Gasteiger partial charge in [-0.3, -0.25) is 4.79 Å². The summed E-state index contributed by atoms with van der Waals surface area (Å²) in [6, 6.07) is 32.0. The summed E-state index contributed by atoms with van der Waals surface area (Å²) in [4.78, 5) is 29.5. The Morgan fingerprint density at radius 1 is 0.841 bits per heavy atom. The molecule has 0 aromatic heterocycles.